The van der Waals surface area contributed by atoms with E-state index < -0.39 is 0 Å². The summed E-state index contributed by atoms with van der Waals surface area (Å²) in [4.78, 5) is 0. The fourth-order valence-electron chi connectivity index (χ4n) is 6.49. The van der Waals surface area contributed by atoms with Gasteiger partial charge in [0.05, 0.1) is 0 Å². The molecular weight excluding hydrogens is 444 g/mol. The molecule has 0 saturated carbocycles. The van der Waals surface area contributed by atoms with Gasteiger partial charge in [-0.25, -0.2) is 0 Å². The highest BCUT2D eigenvalue weighted by Crippen LogP contribution is 2.30. The van der Waals surface area contributed by atoms with E-state index >= 15 is 0 Å². The summed E-state index contributed by atoms with van der Waals surface area (Å²) >= 11 is 0. The van der Waals surface area contributed by atoms with Crippen molar-refractivity contribution in [2.45, 2.75) is 124 Å². The van der Waals surface area contributed by atoms with Crippen LogP contribution in [-0.2, 0) is 38.5 Å². The SMILES string of the molecule is CC(C)c1ccc2c(c1)CCC2.CC(C)c1cccc2c1CCC2.CC(C)c1cccc2c1CCCC2. The van der Waals surface area contributed by atoms with Gasteiger partial charge in [-0.05, 0) is 132 Å². The number of hydrogen-bond donors (Lipinski definition) is 0. The molecule has 0 N–H and O–H groups in total. The molecule has 3 aliphatic carbocycles. The molecule has 198 valence electrons. The van der Waals surface area contributed by atoms with Gasteiger partial charge in [0.1, 0.15) is 0 Å². The first-order chi connectivity index (χ1) is 17.8. The van der Waals surface area contributed by atoms with Crippen LogP contribution in [0.4, 0.5) is 0 Å². The predicted molar refractivity (Wildman–Crippen MR) is 162 cm³/mol. The first kappa shape index (κ1) is 27.7. The van der Waals surface area contributed by atoms with Crippen LogP contribution in [0.3, 0.4) is 0 Å². The van der Waals surface area contributed by atoms with Crippen LogP contribution < -0.4 is 0 Å². The summed E-state index contributed by atoms with van der Waals surface area (Å²) in [5.74, 6) is 2.06. The summed E-state index contributed by atoms with van der Waals surface area (Å²) in [6.45, 7) is 13.7. The minimum Gasteiger partial charge on any atom is -0.0617 e. The maximum Gasteiger partial charge on any atom is -0.0216 e. The van der Waals surface area contributed by atoms with Crippen molar-refractivity contribution in [3.8, 4) is 0 Å². The van der Waals surface area contributed by atoms with Crippen LogP contribution in [0.1, 0.15) is 135 Å². The second kappa shape index (κ2) is 12.9. The average molecular weight is 495 g/mol. The number of aryl methyl sites for hydroxylation is 4. The third kappa shape index (κ3) is 6.95. The van der Waals surface area contributed by atoms with Crippen LogP contribution in [0.15, 0.2) is 54.6 Å². The Bertz CT molecular complexity index is 1160. The molecule has 0 bridgehead atoms. The molecule has 0 atom stereocenters. The van der Waals surface area contributed by atoms with Crippen molar-refractivity contribution in [3.05, 3.63) is 105 Å². The van der Waals surface area contributed by atoms with E-state index in [4.69, 9.17) is 0 Å². The highest BCUT2D eigenvalue weighted by Gasteiger charge is 2.16. The van der Waals surface area contributed by atoms with Gasteiger partial charge in [-0.1, -0.05) is 96.1 Å². The molecule has 0 radical (unpaired) electrons. The van der Waals surface area contributed by atoms with E-state index in [-0.39, 0.29) is 0 Å². The first-order valence-electron chi connectivity index (χ1n) is 15.2. The lowest BCUT2D eigenvalue weighted by molar-refractivity contribution is 0.670. The molecule has 0 unspecified atom stereocenters. The molecule has 0 spiro atoms. The second-order valence-corrected chi connectivity index (χ2v) is 12.4. The lowest BCUT2D eigenvalue weighted by Gasteiger charge is -2.21. The maximum atomic E-state index is 2.40. The predicted octanol–water partition coefficient (Wildman–Crippen LogP) is 10.3. The lowest BCUT2D eigenvalue weighted by atomic mass is 9.85. The molecule has 0 amide bonds. The minimum absolute atomic E-state index is 0.677. The van der Waals surface area contributed by atoms with Crippen molar-refractivity contribution in [3.63, 3.8) is 0 Å². The van der Waals surface area contributed by atoms with Crippen LogP contribution in [-0.4, -0.2) is 0 Å². The molecule has 3 aromatic rings. The van der Waals surface area contributed by atoms with Crippen molar-refractivity contribution in [1.29, 1.82) is 0 Å². The zero-order chi connectivity index (χ0) is 26.4. The van der Waals surface area contributed by atoms with Gasteiger partial charge in [-0.15, -0.1) is 0 Å². The van der Waals surface area contributed by atoms with E-state index in [2.05, 4.69) is 96.1 Å². The summed E-state index contributed by atoms with van der Waals surface area (Å²) in [7, 11) is 0. The van der Waals surface area contributed by atoms with Crippen molar-refractivity contribution in [2.24, 2.45) is 0 Å². The summed E-state index contributed by atoms with van der Waals surface area (Å²) < 4.78 is 0. The van der Waals surface area contributed by atoms with E-state index in [9.17, 15) is 0 Å². The summed E-state index contributed by atoms with van der Waals surface area (Å²) in [6.07, 6.45) is 13.3. The first-order valence-corrected chi connectivity index (χ1v) is 15.2. The van der Waals surface area contributed by atoms with Gasteiger partial charge < -0.3 is 0 Å². The molecule has 0 heterocycles. The molecular formula is C37H50. The van der Waals surface area contributed by atoms with Gasteiger partial charge in [0, 0.05) is 0 Å². The van der Waals surface area contributed by atoms with Crippen molar-refractivity contribution in [2.75, 3.05) is 0 Å². The van der Waals surface area contributed by atoms with Crippen LogP contribution in [0.2, 0.25) is 0 Å². The van der Waals surface area contributed by atoms with Crippen LogP contribution in [0, 0.1) is 0 Å². The second-order valence-electron chi connectivity index (χ2n) is 12.4. The Morgan fingerprint density at radius 1 is 0.432 bits per heavy atom. The Balaban J connectivity index is 0.000000130. The fraction of sp³-hybridized carbons (Fsp3) is 0.514. The van der Waals surface area contributed by atoms with Gasteiger partial charge >= 0.3 is 0 Å². The zero-order valence-electron chi connectivity index (χ0n) is 24.5. The highest BCUT2D eigenvalue weighted by atomic mass is 14.2. The van der Waals surface area contributed by atoms with E-state index in [1.165, 1.54) is 69.8 Å². The summed E-state index contributed by atoms with van der Waals surface area (Å²) in [5.41, 5.74) is 14.3. The largest absolute Gasteiger partial charge is 0.0617 e. The molecule has 37 heavy (non-hydrogen) atoms. The molecule has 3 aromatic carbocycles. The van der Waals surface area contributed by atoms with E-state index in [0.29, 0.717) is 17.8 Å². The number of benzene rings is 3. The van der Waals surface area contributed by atoms with Gasteiger partial charge in [-0.2, -0.15) is 0 Å². The normalized spacial score (nSPS) is 15.5. The molecule has 0 aromatic heterocycles. The smallest absolute Gasteiger partial charge is 0.0216 e. The Labute approximate surface area is 227 Å². The number of rotatable bonds is 3. The lowest BCUT2D eigenvalue weighted by Crippen LogP contribution is -2.06. The molecule has 0 aliphatic heterocycles. The van der Waals surface area contributed by atoms with E-state index in [1.807, 2.05) is 0 Å². The van der Waals surface area contributed by atoms with E-state index in [0.717, 1.165) is 0 Å². The van der Waals surface area contributed by atoms with Crippen LogP contribution in [0.25, 0.3) is 0 Å². The van der Waals surface area contributed by atoms with Gasteiger partial charge in [0.2, 0.25) is 0 Å². The average Bonchev–Trinajstić information content (AvgIpc) is 3.58. The Hall–Kier alpha value is -2.34. The van der Waals surface area contributed by atoms with Gasteiger partial charge in [0.25, 0.3) is 0 Å². The van der Waals surface area contributed by atoms with E-state index in [1.54, 1.807) is 44.5 Å². The third-order valence-corrected chi connectivity index (χ3v) is 8.65. The van der Waals surface area contributed by atoms with Crippen molar-refractivity contribution >= 4 is 0 Å². The fourth-order valence-corrected chi connectivity index (χ4v) is 6.49. The van der Waals surface area contributed by atoms with Crippen LogP contribution >= 0.6 is 0 Å². The Kier molecular flexibility index (Phi) is 9.69. The summed E-state index contributed by atoms with van der Waals surface area (Å²) in [5, 5.41) is 0. The molecule has 0 heteroatoms. The van der Waals surface area contributed by atoms with Crippen LogP contribution in [0.5, 0.6) is 0 Å². The summed E-state index contributed by atoms with van der Waals surface area (Å²) in [6, 6.07) is 20.6. The standard InChI is InChI=1S/C13H18.2C12H16/c1-10(2)12-9-5-7-11-6-3-4-8-13(11)12;1-9(2)11-7-3-5-10-6-4-8-12(10)11;1-9(2)11-7-6-10-4-3-5-12(10)8-11/h5,7,9-10H,3-4,6,8H2,1-2H3;3,5,7,9H,4,6,8H2,1-2H3;6-9H,3-5H2,1-2H3. The van der Waals surface area contributed by atoms with Crippen molar-refractivity contribution in [1.82, 2.24) is 0 Å². The molecule has 3 aliphatic rings. The molecule has 0 saturated heterocycles. The minimum atomic E-state index is 0.677. The Morgan fingerprint density at radius 2 is 0.919 bits per heavy atom. The molecule has 6 rings (SSSR count). The highest BCUT2D eigenvalue weighted by molar-refractivity contribution is 5.40. The molecule has 0 nitrogen and oxygen atoms in total. The zero-order valence-corrected chi connectivity index (χ0v) is 24.5. The number of hydrogen-bond acceptors (Lipinski definition) is 0. The topological polar surface area (TPSA) is 0 Å². The number of fused-ring (bicyclic) bond motifs is 3. The third-order valence-electron chi connectivity index (χ3n) is 8.65. The Morgan fingerprint density at radius 3 is 1.51 bits per heavy atom. The quantitative estimate of drug-likeness (QED) is 0.340. The monoisotopic (exact) mass is 494 g/mol. The van der Waals surface area contributed by atoms with Crippen molar-refractivity contribution < 1.29 is 0 Å². The molecule has 0 fully saturated rings. The maximum absolute atomic E-state index is 2.40. The van der Waals surface area contributed by atoms with Gasteiger partial charge in [0.15, 0.2) is 0 Å². The van der Waals surface area contributed by atoms with Gasteiger partial charge in [-0.3, -0.25) is 0 Å².